The minimum Gasteiger partial charge on any atom is -0.480 e. The van der Waals surface area contributed by atoms with Gasteiger partial charge in [-0.05, 0) is 18.4 Å². The first-order chi connectivity index (χ1) is 16.4. The van der Waals surface area contributed by atoms with Crippen LogP contribution in [0.2, 0.25) is 0 Å². The molecule has 1 aromatic rings. The number of carboxylic acids is 1. The second-order valence-electron chi connectivity index (χ2n) is 7.68. The van der Waals surface area contributed by atoms with Gasteiger partial charge in [0, 0.05) is 12.2 Å². The third kappa shape index (κ3) is 10.9. The average Bonchev–Trinajstić information content (AvgIpc) is 2.79. The Kier molecular flexibility index (Phi) is 12.2. The van der Waals surface area contributed by atoms with Crippen LogP contribution in [0, 0.1) is 0 Å². The van der Waals surface area contributed by atoms with Gasteiger partial charge in [-0.1, -0.05) is 30.3 Å². The summed E-state index contributed by atoms with van der Waals surface area (Å²) in [6.45, 7) is 0. The molecule has 0 aliphatic heterocycles. The van der Waals surface area contributed by atoms with E-state index in [0.29, 0.717) is 0 Å². The molecule has 1 aromatic carbocycles. The van der Waals surface area contributed by atoms with Gasteiger partial charge >= 0.3 is 5.97 Å². The molecule has 0 saturated heterocycles. The fraction of sp³-hybridized carbons (Fsp3) is 0.429. The number of primary amides is 2. The van der Waals surface area contributed by atoms with Gasteiger partial charge in [-0.3, -0.25) is 24.0 Å². The molecule has 14 heteroatoms. The average molecular weight is 511 g/mol. The third-order valence-corrected chi connectivity index (χ3v) is 5.15. The standard InChI is InChI=1S/C21H30N6O7S/c22-12(8-11-4-2-1-3-5-11)18(30)27-15(10-35)20(32)25-13(6-7-16(23)28)19(31)26-14(21(33)34)9-17(24)29/h1-5,12-15,35H,6-10,22H2,(H2,23,28)(H2,24,29)(H,25,32)(H,26,31)(H,27,30)(H,33,34). The van der Waals surface area contributed by atoms with Gasteiger partial charge in [0.25, 0.3) is 0 Å². The Morgan fingerprint density at radius 1 is 0.829 bits per heavy atom. The maximum atomic E-state index is 12.7. The van der Waals surface area contributed by atoms with E-state index in [4.69, 9.17) is 17.2 Å². The van der Waals surface area contributed by atoms with E-state index in [1.165, 1.54) is 0 Å². The van der Waals surface area contributed by atoms with Gasteiger partial charge in [-0.2, -0.15) is 12.6 Å². The fourth-order valence-corrected chi connectivity index (χ4v) is 3.19. The highest BCUT2D eigenvalue weighted by Crippen LogP contribution is 2.04. The lowest BCUT2D eigenvalue weighted by atomic mass is 10.1. The minimum absolute atomic E-state index is 0.154. The molecule has 0 aliphatic rings. The number of carbonyl (C=O) groups is 6. The van der Waals surface area contributed by atoms with Crippen molar-refractivity contribution in [2.24, 2.45) is 17.2 Å². The van der Waals surface area contributed by atoms with Gasteiger partial charge in [-0.15, -0.1) is 0 Å². The van der Waals surface area contributed by atoms with Crippen molar-refractivity contribution >= 4 is 48.1 Å². The van der Waals surface area contributed by atoms with Crippen LogP contribution in [0.15, 0.2) is 30.3 Å². The number of carboxylic acid groups (broad SMARTS) is 1. The van der Waals surface area contributed by atoms with Crippen molar-refractivity contribution in [3.8, 4) is 0 Å². The summed E-state index contributed by atoms with van der Waals surface area (Å²) in [6.07, 6.45) is -1.05. The SMILES string of the molecule is NC(=O)CCC(NC(=O)C(CS)NC(=O)C(N)Cc1ccccc1)C(=O)NC(CC(N)=O)C(=O)O. The molecule has 0 aromatic heterocycles. The molecule has 1 rings (SSSR count). The van der Waals surface area contributed by atoms with Crippen molar-refractivity contribution in [2.75, 3.05) is 5.75 Å². The molecular weight excluding hydrogens is 480 g/mol. The molecular formula is C21H30N6O7S. The molecule has 5 amide bonds. The van der Waals surface area contributed by atoms with E-state index < -0.39 is 66.1 Å². The summed E-state index contributed by atoms with van der Waals surface area (Å²) in [4.78, 5) is 71.4. The zero-order chi connectivity index (χ0) is 26.5. The normalized spacial score (nSPS) is 14.0. The monoisotopic (exact) mass is 510 g/mol. The molecule has 0 aliphatic carbocycles. The number of thiol groups is 1. The first-order valence-corrected chi connectivity index (χ1v) is 11.2. The maximum absolute atomic E-state index is 12.7. The van der Waals surface area contributed by atoms with Crippen LogP contribution in [0.1, 0.15) is 24.8 Å². The van der Waals surface area contributed by atoms with Crippen molar-refractivity contribution in [1.29, 1.82) is 0 Å². The summed E-state index contributed by atoms with van der Waals surface area (Å²) in [6, 6.07) is 3.77. The Morgan fingerprint density at radius 2 is 1.37 bits per heavy atom. The zero-order valence-electron chi connectivity index (χ0n) is 18.8. The van der Waals surface area contributed by atoms with Crippen molar-refractivity contribution in [3.63, 3.8) is 0 Å². The first-order valence-electron chi connectivity index (χ1n) is 10.6. The number of aliphatic carboxylic acids is 1. The van der Waals surface area contributed by atoms with Gasteiger partial charge in [0.2, 0.25) is 29.5 Å². The highest BCUT2D eigenvalue weighted by atomic mass is 32.1. The highest BCUT2D eigenvalue weighted by Gasteiger charge is 2.30. The van der Waals surface area contributed by atoms with Gasteiger partial charge in [0.05, 0.1) is 12.5 Å². The van der Waals surface area contributed by atoms with Crippen LogP contribution in [0.4, 0.5) is 0 Å². The van der Waals surface area contributed by atoms with E-state index in [-0.39, 0.29) is 25.0 Å². The molecule has 35 heavy (non-hydrogen) atoms. The Balaban J connectivity index is 2.87. The van der Waals surface area contributed by atoms with Crippen LogP contribution >= 0.6 is 12.6 Å². The van der Waals surface area contributed by atoms with E-state index in [2.05, 4.69) is 28.6 Å². The molecule has 0 heterocycles. The van der Waals surface area contributed by atoms with Crippen LogP contribution in [0.25, 0.3) is 0 Å². The lowest BCUT2D eigenvalue weighted by molar-refractivity contribution is -0.144. The summed E-state index contributed by atoms with van der Waals surface area (Å²) >= 11 is 4.06. The number of carbonyl (C=O) groups excluding carboxylic acids is 5. The molecule has 4 unspecified atom stereocenters. The Hall–Kier alpha value is -3.65. The van der Waals surface area contributed by atoms with Crippen LogP contribution in [-0.4, -0.2) is 70.5 Å². The smallest absolute Gasteiger partial charge is 0.326 e. The Labute approximate surface area is 206 Å². The maximum Gasteiger partial charge on any atom is 0.326 e. The fourth-order valence-electron chi connectivity index (χ4n) is 2.93. The number of hydrogen-bond donors (Lipinski definition) is 8. The van der Waals surface area contributed by atoms with E-state index >= 15 is 0 Å². The third-order valence-electron chi connectivity index (χ3n) is 4.78. The van der Waals surface area contributed by atoms with Crippen molar-refractivity contribution in [2.45, 2.75) is 49.9 Å². The van der Waals surface area contributed by atoms with Gasteiger partial charge < -0.3 is 38.3 Å². The van der Waals surface area contributed by atoms with Crippen molar-refractivity contribution in [1.82, 2.24) is 16.0 Å². The quantitative estimate of drug-likeness (QED) is 0.114. The minimum atomic E-state index is -1.65. The number of hydrogen-bond acceptors (Lipinski definition) is 8. The number of amides is 5. The summed E-state index contributed by atoms with van der Waals surface area (Å²) in [5.74, 6) is -5.86. The summed E-state index contributed by atoms with van der Waals surface area (Å²) in [7, 11) is 0. The van der Waals surface area contributed by atoms with E-state index in [9.17, 15) is 33.9 Å². The molecule has 192 valence electrons. The van der Waals surface area contributed by atoms with E-state index in [1.54, 1.807) is 24.3 Å². The molecule has 0 fully saturated rings. The highest BCUT2D eigenvalue weighted by molar-refractivity contribution is 7.80. The predicted molar refractivity (Wildman–Crippen MR) is 128 cm³/mol. The summed E-state index contributed by atoms with van der Waals surface area (Å²) in [5, 5.41) is 16.1. The predicted octanol–water partition coefficient (Wildman–Crippen LogP) is -2.83. The van der Waals surface area contributed by atoms with Crippen molar-refractivity contribution in [3.05, 3.63) is 35.9 Å². The molecule has 0 spiro atoms. The molecule has 13 nitrogen and oxygen atoms in total. The number of nitrogens with two attached hydrogens (primary N) is 3. The molecule has 0 radical (unpaired) electrons. The van der Waals surface area contributed by atoms with Gasteiger partial charge in [-0.25, -0.2) is 4.79 Å². The molecule has 10 N–H and O–H groups in total. The molecule has 0 bridgehead atoms. The largest absolute Gasteiger partial charge is 0.480 e. The number of rotatable bonds is 15. The topological polar surface area (TPSA) is 237 Å². The molecule has 0 saturated carbocycles. The zero-order valence-corrected chi connectivity index (χ0v) is 19.7. The van der Waals surface area contributed by atoms with Crippen LogP contribution < -0.4 is 33.2 Å². The number of nitrogens with one attached hydrogen (secondary N) is 3. The van der Waals surface area contributed by atoms with Crippen LogP contribution in [-0.2, 0) is 35.2 Å². The van der Waals surface area contributed by atoms with Gasteiger partial charge in [0.1, 0.15) is 18.1 Å². The van der Waals surface area contributed by atoms with Crippen LogP contribution in [0.3, 0.4) is 0 Å². The second-order valence-corrected chi connectivity index (χ2v) is 8.04. The lowest BCUT2D eigenvalue weighted by Gasteiger charge is -2.24. The van der Waals surface area contributed by atoms with Gasteiger partial charge in [0.15, 0.2) is 0 Å². The first kappa shape index (κ1) is 29.4. The summed E-state index contributed by atoms with van der Waals surface area (Å²) in [5.41, 5.74) is 16.9. The molecule has 4 atom stereocenters. The lowest BCUT2D eigenvalue weighted by Crippen LogP contribution is -2.58. The number of benzene rings is 1. The van der Waals surface area contributed by atoms with E-state index in [0.717, 1.165) is 5.56 Å². The van der Waals surface area contributed by atoms with E-state index in [1.807, 2.05) is 6.07 Å². The van der Waals surface area contributed by atoms with Crippen LogP contribution in [0.5, 0.6) is 0 Å². The second kappa shape index (κ2) is 14.6. The summed E-state index contributed by atoms with van der Waals surface area (Å²) < 4.78 is 0. The Morgan fingerprint density at radius 3 is 1.89 bits per heavy atom. The Bertz CT molecular complexity index is 930. The van der Waals surface area contributed by atoms with Crippen molar-refractivity contribution < 1.29 is 33.9 Å².